The number of ether oxygens (including phenoxy) is 1. The molecular formula is C51H72N6O7. The van der Waals surface area contributed by atoms with E-state index in [1.165, 1.54) is 0 Å². The number of hydrogen-bond donors (Lipinski definition) is 3. The Morgan fingerprint density at radius 1 is 0.594 bits per heavy atom. The van der Waals surface area contributed by atoms with Gasteiger partial charge in [-0.25, -0.2) is 9.78 Å². The fourth-order valence-electron chi connectivity index (χ4n) is 11.4. The average molecular weight is 881 g/mol. The molecule has 0 saturated heterocycles. The van der Waals surface area contributed by atoms with Crippen LogP contribution in [0.3, 0.4) is 0 Å². The van der Waals surface area contributed by atoms with E-state index in [0.29, 0.717) is 52.6 Å². The quantitative estimate of drug-likeness (QED) is 0.0878. The van der Waals surface area contributed by atoms with E-state index in [4.69, 9.17) is 9.84 Å². The van der Waals surface area contributed by atoms with Crippen molar-refractivity contribution in [3.63, 3.8) is 0 Å². The summed E-state index contributed by atoms with van der Waals surface area (Å²) in [5.41, 5.74) is 2.45. The molecule has 0 fully saturated rings. The van der Waals surface area contributed by atoms with Gasteiger partial charge in [0.05, 0.1) is 16.6 Å². The van der Waals surface area contributed by atoms with E-state index < -0.39 is 11.9 Å². The van der Waals surface area contributed by atoms with Crippen LogP contribution in [0.1, 0.15) is 120 Å². The lowest BCUT2D eigenvalue weighted by Gasteiger charge is -2.40. The van der Waals surface area contributed by atoms with Crippen LogP contribution in [0.4, 0.5) is 11.4 Å². The van der Waals surface area contributed by atoms with Crippen molar-refractivity contribution in [1.82, 2.24) is 18.7 Å². The highest BCUT2D eigenvalue weighted by molar-refractivity contribution is 5.77. The molecule has 0 radical (unpaired) electrons. The molecule has 0 bridgehead atoms. The van der Waals surface area contributed by atoms with Gasteiger partial charge >= 0.3 is 11.9 Å². The molecule has 7 rings (SSSR count). The summed E-state index contributed by atoms with van der Waals surface area (Å²) in [4.78, 5) is 65.2. The zero-order valence-electron chi connectivity index (χ0n) is 40.2. The van der Waals surface area contributed by atoms with Crippen LogP contribution in [0, 0.1) is 35.5 Å². The van der Waals surface area contributed by atoms with E-state index >= 15 is 0 Å². The van der Waals surface area contributed by atoms with E-state index in [-0.39, 0.29) is 46.4 Å². The predicted molar refractivity (Wildman–Crippen MR) is 255 cm³/mol. The van der Waals surface area contributed by atoms with Gasteiger partial charge in [0.1, 0.15) is 36.0 Å². The van der Waals surface area contributed by atoms with Crippen LogP contribution in [0.15, 0.2) is 81.2 Å². The number of aliphatic carboxylic acids is 1. The second-order valence-electron chi connectivity index (χ2n) is 19.6. The van der Waals surface area contributed by atoms with Gasteiger partial charge < -0.3 is 29.6 Å². The number of rotatable bonds is 13. The van der Waals surface area contributed by atoms with Crippen molar-refractivity contribution >= 4 is 23.3 Å². The first-order valence-corrected chi connectivity index (χ1v) is 23.2. The molecule has 0 aliphatic carbocycles. The number of fused-ring (bicyclic) bond motifs is 3. The summed E-state index contributed by atoms with van der Waals surface area (Å²) in [6, 6.07) is 17.9. The highest BCUT2D eigenvalue weighted by Crippen LogP contribution is 2.45. The van der Waals surface area contributed by atoms with Gasteiger partial charge in [-0.1, -0.05) is 101 Å². The van der Waals surface area contributed by atoms with Crippen LogP contribution < -0.4 is 32.0 Å². The summed E-state index contributed by atoms with van der Waals surface area (Å²) in [6.45, 7) is 25.8. The fraction of sp³-hybridized carbons (Fsp3) is 0.569. The topological polar surface area (TPSA) is 167 Å². The van der Waals surface area contributed by atoms with E-state index in [0.717, 1.165) is 55.7 Å². The van der Waals surface area contributed by atoms with Crippen molar-refractivity contribution in [3.05, 3.63) is 115 Å². The molecule has 13 heteroatoms. The highest BCUT2D eigenvalue weighted by Gasteiger charge is 2.47. The molecule has 0 unspecified atom stereocenters. The zero-order chi connectivity index (χ0) is 47.3. The Morgan fingerprint density at radius 2 is 1.02 bits per heavy atom. The van der Waals surface area contributed by atoms with Gasteiger partial charge in [-0.2, -0.15) is 0 Å². The predicted octanol–water partition coefficient (Wildman–Crippen LogP) is 8.31. The second-order valence-corrected chi connectivity index (χ2v) is 19.6. The maximum Gasteiger partial charge on any atom is 0.330 e. The van der Waals surface area contributed by atoms with Crippen LogP contribution in [-0.2, 0) is 45.5 Å². The molecule has 348 valence electrons. The summed E-state index contributed by atoms with van der Waals surface area (Å²) >= 11 is 0. The lowest BCUT2D eigenvalue weighted by Crippen LogP contribution is -2.47. The largest absolute Gasteiger partial charge is 0.480 e. The Kier molecular flexibility index (Phi) is 15.6. The number of esters is 1. The molecular weight excluding hydrogens is 809 g/mol. The number of anilines is 2. The third-order valence-electron chi connectivity index (χ3n) is 14.6. The summed E-state index contributed by atoms with van der Waals surface area (Å²) in [5.74, 6) is 2.32. The van der Waals surface area contributed by atoms with Gasteiger partial charge in [-0.05, 0) is 104 Å². The highest BCUT2D eigenvalue weighted by atomic mass is 16.5. The van der Waals surface area contributed by atoms with Crippen LogP contribution in [0.25, 0.3) is 0 Å². The van der Waals surface area contributed by atoms with E-state index in [1.807, 2.05) is 31.9 Å². The number of pyridine rings is 2. The first kappa shape index (κ1) is 49.6. The first-order valence-electron chi connectivity index (χ1n) is 23.2. The standard InChI is InChI=1S/C22H28N2O3.C16H24N2O3.C13H20N2O/c1-15(2)22(16(3)4)13-12-17-10-11-19(21(26)24(17)22)23-14-20(25)27-18-8-6-5-7-9-18;1-10(2)16(11(3)4)8-7-12-5-6-13(15(21)18(12)16)17-9-14(19)20;1-9(2)13(10(3)4)7-5-11-14-8-6-12(16)15(11)13/h5-11,15-16,23H,12-14H2,1-4H3;5-6,10-11,17H,7-9H2,1-4H3,(H,19,20);6,8-10H,5,7H2,1-4H3. The number of carbonyl (C=O) groups is 2. The maximum absolute atomic E-state index is 13.2. The normalized spacial score (nSPS) is 16.2. The number of carbonyl (C=O) groups excluding carboxylic acids is 1. The van der Waals surface area contributed by atoms with Crippen LogP contribution in [-0.4, -0.2) is 48.8 Å². The first-order chi connectivity index (χ1) is 30.2. The molecule has 3 aliphatic rings. The minimum atomic E-state index is -0.973. The summed E-state index contributed by atoms with van der Waals surface area (Å²) in [7, 11) is 0. The van der Waals surface area contributed by atoms with Crippen molar-refractivity contribution in [2.45, 2.75) is 138 Å². The van der Waals surface area contributed by atoms with Crippen molar-refractivity contribution in [3.8, 4) is 5.75 Å². The minimum Gasteiger partial charge on any atom is -0.480 e. The third kappa shape index (κ3) is 9.36. The van der Waals surface area contributed by atoms with E-state index in [2.05, 4.69) is 98.7 Å². The number of aromatic nitrogens is 4. The number of carboxylic acids is 1. The Labute approximate surface area is 378 Å². The third-order valence-corrected chi connectivity index (χ3v) is 14.6. The Hall–Kier alpha value is -5.46. The Bertz CT molecular complexity index is 2420. The smallest absolute Gasteiger partial charge is 0.330 e. The molecule has 0 spiro atoms. The van der Waals surface area contributed by atoms with Gasteiger partial charge in [0.25, 0.3) is 16.7 Å². The number of nitrogens with one attached hydrogen (secondary N) is 2. The molecule has 3 aromatic heterocycles. The molecule has 13 nitrogen and oxygen atoms in total. The molecule has 0 amide bonds. The van der Waals surface area contributed by atoms with Crippen LogP contribution >= 0.6 is 0 Å². The number of para-hydroxylation sites is 1. The maximum atomic E-state index is 13.2. The lowest BCUT2D eigenvalue weighted by atomic mass is 9.75. The fourth-order valence-corrected chi connectivity index (χ4v) is 11.4. The minimum absolute atomic E-state index is 0.0410. The number of aryl methyl sites for hydroxylation is 3. The van der Waals surface area contributed by atoms with Gasteiger partial charge in [-0.3, -0.25) is 23.7 Å². The van der Waals surface area contributed by atoms with Gasteiger partial charge in [0, 0.05) is 30.1 Å². The van der Waals surface area contributed by atoms with Crippen LogP contribution in [0.2, 0.25) is 0 Å². The second kappa shape index (κ2) is 20.2. The van der Waals surface area contributed by atoms with Gasteiger partial charge in [0.2, 0.25) is 0 Å². The molecule has 6 heterocycles. The molecule has 3 N–H and O–H groups in total. The molecule has 0 saturated carbocycles. The van der Waals surface area contributed by atoms with E-state index in [9.17, 15) is 24.0 Å². The van der Waals surface area contributed by atoms with Crippen molar-refractivity contribution in [1.29, 1.82) is 0 Å². The number of hydrogen-bond acceptors (Lipinski definition) is 9. The summed E-state index contributed by atoms with van der Waals surface area (Å²) in [5, 5.41) is 14.5. The lowest BCUT2D eigenvalue weighted by molar-refractivity contribution is -0.135. The Balaban J connectivity index is 0.000000187. The molecule has 1 aromatic carbocycles. The summed E-state index contributed by atoms with van der Waals surface area (Å²) in [6.07, 6.45) is 7.32. The van der Waals surface area contributed by atoms with Gasteiger partial charge in [-0.15, -0.1) is 0 Å². The van der Waals surface area contributed by atoms with Crippen LogP contribution in [0.5, 0.6) is 5.75 Å². The molecule has 3 aliphatic heterocycles. The van der Waals surface area contributed by atoms with E-state index in [1.54, 1.807) is 48.7 Å². The monoisotopic (exact) mass is 881 g/mol. The number of carboxylic acid groups (broad SMARTS) is 1. The van der Waals surface area contributed by atoms with Crippen molar-refractivity contribution in [2.75, 3.05) is 23.7 Å². The average Bonchev–Trinajstić information content (AvgIpc) is 3.96. The van der Waals surface area contributed by atoms with Crippen molar-refractivity contribution < 1.29 is 19.4 Å². The Morgan fingerprint density at radius 3 is 1.45 bits per heavy atom. The van der Waals surface area contributed by atoms with Gasteiger partial charge in [0.15, 0.2) is 0 Å². The number of benzene rings is 1. The number of nitrogens with zero attached hydrogens (tertiary/aromatic N) is 4. The molecule has 64 heavy (non-hydrogen) atoms. The zero-order valence-corrected chi connectivity index (χ0v) is 40.2. The molecule has 4 aromatic rings. The summed E-state index contributed by atoms with van der Waals surface area (Å²) < 4.78 is 11.1. The molecule has 0 atom stereocenters. The van der Waals surface area contributed by atoms with Crippen molar-refractivity contribution in [2.24, 2.45) is 35.5 Å². The SMILES string of the molecule is CC(C)C1(C(C)C)CCc2ccc(NCC(=O)O)c(=O)n21.CC(C)C1(C(C)C)CCc2ccc(NCC(=O)Oc3ccccc3)c(=O)n21.CC(C)C1(C(C)C)CCc2nccc(=O)n21.